The maximum Gasteiger partial charge on any atom is 0.185 e. The monoisotopic (exact) mass is 468 g/mol. The second-order valence-corrected chi connectivity index (χ2v) is 8.64. The molecule has 30 heavy (non-hydrogen) atoms. The highest BCUT2D eigenvalue weighted by atomic mass is 79.9. The lowest BCUT2D eigenvalue weighted by molar-refractivity contribution is 0.104. The number of aromatic nitrogens is 1. The Morgan fingerprint density at radius 1 is 1.20 bits per heavy atom. The third-order valence-corrected chi connectivity index (χ3v) is 5.71. The van der Waals surface area contributed by atoms with Gasteiger partial charge >= 0.3 is 0 Å². The first kappa shape index (κ1) is 22.5. The lowest BCUT2D eigenvalue weighted by atomic mass is 10.1. The minimum Gasteiger partial charge on any atom is -0.390 e. The molecule has 0 fully saturated rings. The van der Waals surface area contributed by atoms with Crippen LogP contribution in [-0.4, -0.2) is 46.6 Å². The highest BCUT2D eigenvalue weighted by Crippen LogP contribution is 2.23. The molecule has 1 N–H and O–H groups in total. The minimum atomic E-state index is -0.455. The number of unbranched alkanes of at least 4 members (excludes halogenated alkanes) is 1. The average molecular weight is 469 g/mol. The van der Waals surface area contributed by atoms with E-state index in [-0.39, 0.29) is 5.78 Å². The van der Waals surface area contributed by atoms with Gasteiger partial charge in [0.05, 0.1) is 6.10 Å². The Bertz CT molecular complexity index is 1010. The number of benzene rings is 2. The summed E-state index contributed by atoms with van der Waals surface area (Å²) in [6.45, 7) is 4.32. The molecule has 4 nitrogen and oxygen atoms in total. The van der Waals surface area contributed by atoms with Crippen molar-refractivity contribution in [3.05, 3.63) is 76.4 Å². The lowest BCUT2D eigenvalue weighted by Gasteiger charge is -2.21. The SMILES string of the molecule is CCCCN(C)C[C@@H](O)Cn1cc(/C=C\C(=O)c2ccc(Br)cc2)c2ccccc21. The molecule has 0 saturated heterocycles. The second kappa shape index (κ2) is 10.7. The van der Waals surface area contributed by atoms with Gasteiger partial charge in [-0.3, -0.25) is 4.79 Å². The minimum absolute atomic E-state index is 0.0306. The number of allylic oxidation sites excluding steroid dienone is 1. The van der Waals surface area contributed by atoms with Gasteiger partial charge in [-0.1, -0.05) is 47.5 Å². The van der Waals surface area contributed by atoms with Gasteiger partial charge in [0.25, 0.3) is 0 Å². The predicted molar refractivity (Wildman–Crippen MR) is 128 cm³/mol. The van der Waals surface area contributed by atoms with Gasteiger partial charge in [0, 0.05) is 45.8 Å². The number of halogens is 1. The van der Waals surface area contributed by atoms with Crippen LogP contribution in [0.25, 0.3) is 17.0 Å². The number of hydrogen-bond acceptors (Lipinski definition) is 3. The summed E-state index contributed by atoms with van der Waals surface area (Å²) < 4.78 is 3.03. The first-order valence-corrected chi connectivity index (χ1v) is 11.2. The molecule has 1 atom stereocenters. The molecule has 3 rings (SSSR count). The van der Waals surface area contributed by atoms with Crippen LogP contribution in [0.2, 0.25) is 0 Å². The Balaban J connectivity index is 1.76. The topological polar surface area (TPSA) is 45.5 Å². The number of ketones is 1. The molecule has 0 aliphatic heterocycles. The van der Waals surface area contributed by atoms with E-state index < -0.39 is 6.10 Å². The number of para-hydroxylation sites is 1. The van der Waals surface area contributed by atoms with Crippen molar-refractivity contribution in [1.82, 2.24) is 9.47 Å². The van der Waals surface area contributed by atoms with Crippen molar-refractivity contribution in [3.8, 4) is 0 Å². The molecule has 0 spiro atoms. The highest BCUT2D eigenvalue weighted by Gasteiger charge is 2.13. The van der Waals surface area contributed by atoms with Crippen LogP contribution in [-0.2, 0) is 6.54 Å². The normalized spacial score (nSPS) is 12.8. The van der Waals surface area contributed by atoms with E-state index in [4.69, 9.17) is 0 Å². The smallest absolute Gasteiger partial charge is 0.185 e. The van der Waals surface area contributed by atoms with Crippen molar-refractivity contribution in [3.63, 3.8) is 0 Å². The van der Waals surface area contributed by atoms with Gasteiger partial charge in [0.2, 0.25) is 0 Å². The number of hydrogen-bond donors (Lipinski definition) is 1. The second-order valence-electron chi connectivity index (χ2n) is 7.73. The van der Waals surface area contributed by atoms with E-state index in [1.54, 1.807) is 6.08 Å². The fourth-order valence-corrected chi connectivity index (χ4v) is 3.86. The van der Waals surface area contributed by atoms with Crippen LogP contribution in [0.15, 0.2) is 65.3 Å². The molecular formula is C25H29BrN2O2. The first-order chi connectivity index (χ1) is 14.5. The average Bonchev–Trinajstić information content (AvgIpc) is 3.08. The summed E-state index contributed by atoms with van der Waals surface area (Å²) >= 11 is 3.39. The Morgan fingerprint density at radius 2 is 1.93 bits per heavy atom. The summed E-state index contributed by atoms with van der Waals surface area (Å²) in [7, 11) is 2.05. The third kappa shape index (κ3) is 5.91. The summed E-state index contributed by atoms with van der Waals surface area (Å²) in [5.41, 5.74) is 2.69. The third-order valence-electron chi connectivity index (χ3n) is 5.19. The van der Waals surface area contributed by atoms with Crippen LogP contribution >= 0.6 is 15.9 Å². The Hall–Kier alpha value is -2.21. The molecule has 5 heteroatoms. The number of rotatable bonds is 10. The molecule has 158 valence electrons. The lowest BCUT2D eigenvalue weighted by Crippen LogP contribution is -2.32. The van der Waals surface area contributed by atoms with E-state index >= 15 is 0 Å². The molecule has 0 aliphatic rings. The molecule has 0 saturated carbocycles. The van der Waals surface area contributed by atoms with Gasteiger partial charge in [0.15, 0.2) is 5.78 Å². The zero-order valence-corrected chi connectivity index (χ0v) is 19.2. The van der Waals surface area contributed by atoms with Gasteiger partial charge in [-0.15, -0.1) is 0 Å². The molecule has 0 amide bonds. The zero-order chi connectivity index (χ0) is 21.5. The molecule has 0 bridgehead atoms. The van der Waals surface area contributed by atoms with Gasteiger partial charge in [-0.2, -0.15) is 0 Å². The molecule has 0 aliphatic carbocycles. The molecule has 1 aromatic heterocycles. The largest absolute Gasteiger partial charge is 0.390 e. The number of likely N-dealkylation sites (N-methyl/N-ethyl adjacent to an activating group) is 1. The number of fused-ring (bicyclic) bond motifs is 1. The van der Waals surface area contributed by atoms with E-state index in [9.17, 15) is 9.90 Å². The highest BCUT2D eigenvalue weighted by molar-refractivity contribution is 9.10. The molecule has 2 aromatic carbocycles. The van der Waals surface area contributed by atoms with Crippen LogP contribution in [0.3, 0.4) is 0 Å². The number of carbonyl (C=O) groups is 1. The van der Waals surface area contributed by atoms with E-state index in [0.717, 1.165) is 40.3 Å². The summed E-state index contributed by atoms with van der Waals surface area (Å²) in [5, 5.41) is 11.7. The maximum absolute atomic E-state index is 12.5. The first-order valence-electron chi connectivity index (χ1n) is 10.4. The van der Waals surface area contributed by atoms with Crippen molar-refractivity contribution < 1.29 is 9.90 Å². The van der Waals surface area contributed by atoms with Gasteiger partial charge in [-0.25, -0.2) is 0 Å². The van der Waals surface area contributed by atoms with Crippen LogP contribution in [0.4, 0.5) is 0 Å². The number of carbonyl (C=O) groups excluding carboxylic acids is 1. The molecular weight excluding hydrogens is 440 g/mol. The standard InChI is InChI=1S/C25H29BrN2O2/c1-3-4-15-27(2)17-22(29)18-28-16-20(23-7-5-6-8-24(23)28)11-14-25(30)19-9-12-21(26)13-10-19/h5-14,16,22,29H,3-4,15,17-18H2,1-2H3/b14-11-/t22-/m1/s1. The number of nitrogens with zero attached hydrogens (tertiary/aromatic N) is 2. The predicted octanol–water partition coefficient (Wildman–Crippen LogP) is 5.39. The van der Waals surface area contributed by atoms with Crippen molar-refractivity contribution >= 4 is 38.7 Å². The van der Waals surface area contributed by atoms with E-state index in [1.807, 2.05) is 48.7 Å². The van der Waals surface area contributed by atoms with Crippen molar-refractivity contribution in [2.45, 2.75) is 32.4 Å². The van der Waals surface area contributed by atoms with Gasteiger partial charge in [0.1, 0.15) is 0 Å². The Kier molecular flexibility index (Phi) is 8.02. The fraction of sp³-hybridized carbons (Fsp3) is 0.320. The number of aliphatic hydroxyl groups excluding tert-OH is 1. The summed E-state index contributed by atoms with van der Waals surface area (Å²) in [6, 6.07) is 15.5. The van der Waals surface area contributed by atoms with Crippen molar-refractivity contribution in [2.24, 2.45) is 0 Å². The van der Waals surface area contributed by atoms with Crippen molar-refractivity contribution in [2.75, 3.05) is 20.1 Å². The molecule has 0 radical (unpaired) electrons. The van der Waals surface area contributed by atoms with E-state index in [2.05, 4.69) is 51.5 Å². The fourth-order valence-electron chi connectivity index (χ4n) is 3.60. The Morgan fingerprint density at radius 3 is 2.67 bits per heavy atom. The van der Waals surface area contributed by atoms with E-state index in [1.165, 1.54) is 0 Å². The van der Waals surface area contributed by atoms with Crippen LogP contribution in [0.5, 0.6) is 0 Å². The molecule has 3 aromatic rings. The summed E-state index contributed by atoms with van der Waals surface area (Å²) in [6.07, 6.45) is 7.33. The molecule has 0 unspecified atom stereocenters. The van der Waals surface area contributed by atoms with Crippen molar-refractivity contribution in [1.29, 1.82) is 0 Å². The van der Waals surface area contributed by atoms with Gasteiger partial charge in [-0.05, 0) is 62.5 Å². The van der Waals surface area contributed by atoms with Crippen LogP contribution in [0.1, 0.15) is 35.7 Å². The number of aliphatic hydroxyl groups is 1. The summed E-state index contributed by atoms with van der Waals surface area (Å²) in [5.74, 6) is -0.0306. The van der Waals surface area contributed by atoms with Crippen LogP contribution in [0, 0.1) is 0 Å². The van der Waals surface area contributed by atoms with E-state index in [0.29, 0.717) is 18.7 Å². The summed E-state index contributed by atoms with van der Waals surface area (Å²) in [4.78, 5) is 14.7. The maximum atomic E-state index is 12.5. The zero-order valence-electron chi connectivity index (χ0n) is 17.6. The molecule has 1 heterocycles. The van der Waals surface area contributed by atoms with Gasteiger partial charge < -0.3 is 14.6 Å². The quantitative estimate of drug-likeness (QED) is 0.320. The Labute approximate surface area is 186 Å². The van der Waals surface area contributed by atoms with Crippen LogP contribution < -0.4 is 0 Å².